The Balaban J connectivity index is 1.87. The molecule has 22 heavy (non-hydrogen) atoms. The van der Waals surface area contributed by atoms with Crippen molar-refractivity contribution in [2.75, 3.05) is 13.7 Å². The number of methoxy groups -OCH3 is 1. The van der Waals surface area contributed by atoms with Gasteiger partial charge in [0.2, 0.25) is 0 Å². The molecule has 0 saturated carbocycles. The van der Waals surface area contributed by atoms with E-state index in [-0.39, 0.29) is 24.4 Å². The third-order valence-electron chi connectivity index (χ3n) is 2.84. The molecule has 0 aliphatic heterocycles. The van der Waals surface area contributed by atoms with Gasteiger partial charge in [0.25, 0.3) is 0 Å². The monoisotopic (exact) mass is 307 g/mol. The zero-order valence-corrected chi connectivity index (χ0v) is 12.4. The number of benzene rings is 1. The van der Waals surface area contributed by atoms with Crippen LogP contribution in [0.1, 0.15) is 12.7 Å². The minimum absolute atomic E-state index is 0.0884. The van der Waals surface area contributed by atoms with Gasteiger partial charge in [-0.2, -0.15) is 5.10 Å². The maximum atomic E-state index is 12.9. The molecule has 1 atom stereocenters. The number of hydrogen-bond acceptors (Lipinski definition) is 4. The van der Waals surface area contributed by atoms with Gasteiger partial charge in [0.1, 0.15) is 11.6 Å². The van der Waals surface area contributed by atoms with E-state index in [1.807, 2.05) is 6.92 Å². The van der Waals surface area contributed by atoms with E-state index in [9.17, 15) is 9.18 Å². The van der Waals surface area contributed by atoms with Crippen molar-refractivity contribution in [2.24, 2.45) is 0 Å². The maximum Gasteiger partial charge on any atom is 0.315 e. The lowest BCUT2D eigenvalue weighted by molar-refractivity contribution is 0.171. The van der Waals surface area contributed by atoms with Crippen LogP contribution in [-0.2, 0) is 11.3 Å². The quantitative estimate of drug-likeness (QED) is 0.753. The smallest absolute Gasteiger partial charge is 0.315 e. The summed E-state index contributed by atoms with van der Waals surface area (Å²) in [7, 11) is 1.57. The van der Waals surface area contributed by atoms with Crippen molar-refractivity contribution in [1.29, 1.82) is 0 Å². The third-order valence-corrected chi connectivity index (χ3v) is 2.84. The normalized spacial score (nSPS) is 12.0. The number of aromatic nitrogens is 3. The second-order valence-corrected chi connectivity index (χ2v) is 4.80. The first-order valence-electron chi connectivity index (χ1n) is 6.79. The Bertz CT molecular complexity index is 614. The Morgan fingerprint density at radius 1 is 1.41 bits per heavy atom. The largest absolute Gasteiger partial charge is 0.383 e. The fourth-order valence-corrected chi connectivity index (χ4v) is 1.83. The first-order chi connectivity index (χ1) is 10.6. The lowest BCUT2D eigenvalue weighted by Crippen LogP contribution is -2.42. The second-order valence-electron chi connectivity index (χ2n) is 4.80. The molecular weight excluding hydrogens is 289 g/mol. The van der Waals surface area contributed by atoms with Crippen molar-refractivity contribution >= 4 is 6.03 Å². The van der Waals surface area contributed by atoms with Crippen LogP contribution >= 0.6 is 0 Å². The van der Waals surface area contributed by atoms with Gasteiger partial charge in [0, 0.05) is 12.7 Å². The van der Waals surface area contributed by atoms with Gasteiger partial charge in [0.05, 0.1) is 19.2 Å². The van der Waals surface area contributed by atoms with Crippen LogP contribution in [0.2, 0.25) is 0 Å². The molecule has 0 aliphatic carbocycles. The Hall–Kier alpha value is -2.48. The number of nitrogens with zero attached hydrogens (tertiary/aromatic N) is 2. The fourth-order valence-electron chi connectivity index (χ4n) is 1.83. The number of carbonyl (C=O) groups excluding carboxylic acids is 1. The molecule has 0 saturated heterocycles. The van der Waals surface area contributed by atoms with Crippen LogP contribution in [-0.4, -0.2) is 41.0 Å². The molecule has 1 unspecified atom stereocenters. The van der Waals surface area contributed by atoms with Crippen LogP contribution in [0.4, 0.5) is 9.18 Å². The summed E-state index contributed by atoms with van der Waals surface area (Å²) in [6, 6.07) is 5.46. The highest BCUT2D eigenvalue weighted by atomic mass is 19.1. The van der Waals surface area contributed by atoms with E-state index in [2.05, 4.69) is 25.8 Å². The molecule has 8 heteroatoms. The SMILES string of the molecule is COCC(C)NC(=O)NCc1nc(-c2ccc(F)cc2)n[nH]1. The van der Waals surface area contributed by atoms with Crippen molar-refractivity contribution in [1.82, 2.24) is 25.8 Å². The van der Waals surface area contributed by atoms with Crippen molar-refractivity contribution < 1.29 is 13.9 Å². The predicted molar refractivity (Wildman–Crippen MR) is 78.5 cm³/mol. The average Bonchev–Trinajstić information content (AvgIpc) is 2.95. The standard InChI is InChI=1S/C14H18FN5O2/c1-9(8-22-2)17-14(21)16-7-12-18-13(20-19-12)10-3-5-11(15)6-4-10/h3-6,9H,7-8H2,1-2H3,(H2,16,17,21)(H,18,19,20). The van der Waals surface area contributed by atoms with E-state index in [0.29, 0.717) is 23.8 Å². The molecule has 2 amide bonds. The summed E-state index contributed by atoms with van der Waals surface area (Å²) in [4.78, 5) is 15.9. The first-order valence-corrected chi connectivity index (χ1v) is 6.79. The zero-order valence-electron chi connectivity index (χ0n) is 12.4. The van der Waals surface area contributed by atoms with Crippen LogP contribution in [0.25, 0.3) is 11.4 Å². The molecule has 0 spiro atoms. The van der Waals surface area contributed by atoms with Gasteiger partial charge in [-0.15, -0.1) is 0 Å². The molecule has 1 heterocycles. The molecule has 1 aromatic carbocycles. The van der Waals surface area contributed by atoms with Gasteiger partial charge in [-0.05, 0) is 31.2 Å². The lowest BCUT2D eigenvalue weighted by Gasteiger charge is -2.12. The average molecular weight is 307 g/mol. The molecule has 3 N–H and O–H groups in total. The number of H-pyrrole nitrogens is 1. The minimum atomic E-state index is -0.317. The number of carbonyl (C=O) groups is 1. The number of rotatable bonds is 6. The summed E-state index contributed by atoms with van der Waals surface area (Å²) < 4.78 is 17.8. The van der Waals surface area contributed by atoms with E-state index in [1.54, 1.807) is 19.2 Å². The molecule has 0 aliphatic rings. The van der Waals surface area contributed by atoms with Gasteiger partial charge in [-0.25, -0.2) is 14.2 Å². The van der Waals surface area contributed by atoms with E-state index >= 15 is 0 Å². The Morgan fingerprint density at radius 2 is 2.14 bits per heavy atom. The number of urea groups is 1. The number of hydrogen-bond donors (Lipinski definition) is 3. The molecule has 2 rings (SSSR count). The molecule has 0 radical (unpaired) electrons. The lowest BCUT2D eigenvalue weighted by atomic mass is 10.2. The highest BCUT2D eigenvalue weighted by Gasteiger charge is 2.09. The topological polar surface area (TPSA) is 91.9 Å². The highest BCUT2D eigenvalue weighted by Crippen LogP contribution is 2.14. The van der Waals surface area contributed by atoms with Crippen LogP contribution in [0.3, 0.4) is 0 Å². The molecule has 7 nitrogen and oxygen atoms in total. The first kappa shape index (κ1) is 15.9. The summed E-state index contributed by atoms with van der Waals surface area (Å²) in [5.74, 6) is 0.641. The van der Waals surface area contributed by atoms with Gasteiger partial charge in [-0.1, -0.05) is 0 Å². The summed E-state index contributed by atoms with van der Waals surface area (Å²) in [6.07, 6.45) is 0. The van der Waals surface area contributed by atoms with E-state index in [1.165, 1.54) is 12.1 Å². The van der Waals surface area contributed by atoms with Crippen LogP contribution < -0.4 is 10.6 Å². The van der Waals surface area contributed by atoms with Crippen molar-refractivity contribution in [3.8, 4) is 11.4 Å². The van der Waals surface area contributed by atoms with E-state index in [0.717, 1.165) is 0 Å². The summed E-state index contributed by atoms with van der Waals surface area (Å²) in [6.45, 7) is 2.48. The Labute approximate surface area is 127 Å². The van der Waals surface area contributed by atoms with Crippen LogP contribution in [0, 0.1) is 5.82 Å². The fraction of sp³-hybridized carbons (Fsp3) is 0.357. The maximum absolute atomic E-state index is 12.9. The highest BCUT2D eigenvalue weighted by molar-refractivity contribution is 5.74. The second kappa shape index (κ2) is 7.51. The number of nitrogens with one attached hydrogen (secondary N) is 3. The number of amides is 2. The number of ether oxygens (including phenoxy) is 1. The van der Waals surface area contributed by atoms with Gasteiger partial charge >= 0.3 is 6.03 Å². The molecule has 1 aromatic heterocycles. The van der Waals surface area contributed by atoms with E-state index < -0.39 is 0 Å². The summed E-state index contributed by atoms with van der Waals surface area (Å²) >= 11 is 0. The third kappa shape index (κ3) is 4.52. The molecule has 0 bridgehead atoms. The minimum Gasteiger partial charge on any atom is -0.383 e. The predicted octanol–water partition coefficient (Wildman–Crippen LogP) is 1.44. The molecule has 118 valence electrons. The van der Waals surface area contributed by atoms with Gasteiger partial charge in [0.15, 0.2) is 5.82 Å². The number of aromatic amines is 1. The zero-order chi connectivity index (χ0) is 15.9. The van der Waals surface area contributed by atoms with Crippen molar-refractivity contribution in [2.45, 2.75) is 19.5 Å². The Kier molecular flexibility index (Phi) is 5.42. The Morgan fingerprint density at radius 3 is 2.82 bits per heavy atom. The molecule has 2 aromatic rings. The van der Waals surface area contributed by atoms with E-state index in [4.69, 9.17) is 4.74 Å². The van der Waals surface area contributed by atoms with Crippen molar-refractivity contribution in [3.05, 3.63) is 35.9 Å². The van der Waals surface area contributed by atoms with Gasteiger partial charge < -0.3 is 15.4 Å². The summed E-state index contributed by atoms with van der Waals surface area (Å²) in [5, 5.41) is 12.1. The van der Waals surface area contributed by atoms with Crippen LogP contribution in [0.15, 0.2) is 24.3 Å². The van der Waals surface area contributed by atoms with Gasteiger partial charge in [-0.3, -0.25) is 5.10 Å². The molecule has 0 fully saturated rings. The summed E-state index contributed by atoms with van der Waals surface area (Å²) in [5.41, 5.74) is 0.696. The number of halogens is 1. The van der Waals surface area contributed by atoms with Crippen molar-refractivity contribution in [3.63, 3.8) is 0 Å². The van der Waals surface area contributed by atoms with Crippen LogP contribution in [0.5, 0.6) is 0 Å². The molecular formula is C14H18FN5O2.